The van der Waals surface area contributed by atoms with Gasteiger partial charge in [-0.15, -0.1) is 0 Å². The smallest absolute Gasteiger partial charge is 0.306 e. The fraction of sp³-hybridized carbons (Fsp3) is 0.900. The van der Waals surface area contributed by atoms with Crippen LogP contribution in [0.1, 0.15) is 168 Å². The van der Waals surface area contributed by atoms with Gasteiger partial charge in [0.05, 0.1) is 40.0 Å². The van der Waals surface area contributed by atoms with Crippen molar-refractivity contribution in [1.82, 2.24) is 0 Å². The maximum absolute atomic E-state index is 12.6. The molecule has 11 nitrogen and oxygen atoms in total. The second-order valence-corrected chi connectivity index (χ2v) is 16.7. The zero-order valence-electron chi connectivity index (χ0n) is 33.7. The number of aliphatic hydroxyl groups is 2. The number of carbonyl (C=O) groups excluding carboxylic acids is 2. The normalized spacial score (nSPS) is 15.0. The van der Waals surface area contributed by atoms with E-state index in [1.54, 1.807) is 0 Å². The first-order chi connectivity index (χ1) is 24.8. The molecule has 0 aromatic heterocycles. The van der Waals surface area contributed by atoms with Gasteiger partial charge >= 0.3 is 11.9 Å². The van der Waals surface area contributed by atoms with Gasteiger partial charge in [-0.2, -0.15) is 0 Å². The van der Waals surface area contributed by atoms with Crippen LogP contribution in [0.3, 0.4) is 0 Å². The highest BCUT2D eigenvalue weighted by molar-refractivity contribution is 7.45. The minimum absolute atomic E-state index is 0.0568. The van der Waals surface area contributed by atoms with Crippen LogP contribution in [0, 0.1) is 0 Å². The molecule has 0 aliphatic heterocycles. The maximum Gasteiger partial charge on any atom is 0.306 e. The average molecular weight is 764 g/mol. The van der Waals surface area contributed by atoms with E-state index in [1.807, 2.05) is 27.2 Å². The Morgan fingerprint density at radius 2 is 1.19 bits per heavy atom. The Labute approximate surface area is 317 Å². The van der Waals surface area contributed by atoms with E-state index in [4.69, 9.17) is 18.5 Å². The third-order valence-electron chi connectivity index (χ3n) is 8.99. The Morgan fingerprint density at radius 1 is 0.673 bits per heavy atom. The van der Waals surface area contributed by atoms with Gasteiger partial charge in [-0.25, -0.2) is 0 Å². The van der Waals surface area contributed by atoms with Crippen LogP contribution in [-0.2, 0) is 32.7 Å². The van der Waals surface area contributed by atoms with Crippen LogP contribution < -0.4 is 4.89 Å². The Bertz CT molecular complexity index is 942. The molecule has 0 radical (unpaired) electrons. The van der Waals surface area contributed by atoms with E-state index in [0.29, 0.717) is 36.7 Å². The van der Waals surface area contributed by atoms with Crippen molar-refractivity contribution in [2.75, 3.05) is 47.5 Å². The molecule has 308 valence electrons. The quantitative estimate of drug-likeness (QED) is 0.0208. The molecule has 0 rings (SSSR count). The van der Waals surface area contributed by atoms with Crippen molar-refractivity contribution >= 4 is 19.8 Å². The number of esters is 2. The number of nitrogens with zero attached hydrogens (tertiary/aromatic N) is 1. The van der Waals surface area contributed by atoms with E-state index >= 15 is 0 Å². The molecule has 0 amide bonds. The number of ether oxygens (including phenoxy) is 2. The van der Waals surface area contributed by atoms with Gasteiger partial charge in [0, 0.05) is 12.8 Å². The van der Waals surface area contributed by atoms with Gasteiger partial charge in [0.1, 0.15) is 19.8 Å². The molecule has 12 heteroatoms. The minimum Gasteiger partial charge on any atom is -0.756 e. The van der Waals surface area contributed by atoms with Crippen molar-refractivity contribution in [1.29, 1.82) is 0 Å². The second-order valence-electron chi connectivity index (χ2n) is 15.3. The molecule has 4 atom stereocenters. The Hall–Kier alpha value is -1.33. The van der Waals surface area contributed by atoms with Crippen molar-refractivity contribution in [3.05, 3.63) is 12.2 Å². The molecule has 0 aliphatic rings. The number of aliphatic hydroxyl groups excluding tert-OH is 2. The largest absolute Gasteiger partial charge is 0.756 e. The number of carbonyl (C=O) groups is 2. The fourth-order valence-corrected chi connectivity index (χ4v) is 6.29. The molecule has 0 saturated carbocycles. The zero-order chi connectivity index (χ0) is 38.9. The van der Waals surface area contributed by atoms with Crippen LogP contribution in [0.5, 0.6) is 0 Å². The number of hydrogen-bond acceptors (Lipinski definition) is 10. The predicted octanol–water partition coefficient (Wildman–Crippen LogP) is 8.33. The SMILES string of the molecule is CCCCC/C=C\C[C@H](O)[C@@H](O)CCCCCCCC(=O)O[C@H](COC(=O)CCCCCCCCCCCCC)COP(=O)([O-])OCC[N+](C)(C)C. The Balaban J connectivity index is 4.52. The first-order valence-electron chi connectivity index (χ1n) is 20.6. The van der Waals surface area contributed by atoms with Crippen LogP contribution in [0.15, 0.2) is 12.2 Å². The molecule has 1 unspecified atom stereocenters. The second kappa shape index (κ2) is 33.0. The lowest BCUT2D eigenvalue weighted by Gasteiger charge is -2.28. The van der Waals surface area contributed by atoms with Gasteiger partial charge in [-0.3, -0.25) is 14.2 Å². The van der Waals surface area contributed by atoms with Gasteiger partial charge in [-0.1, -0.05) is 129 Å². The molecular weight excluding hydrogens is 685 g/mol. The van der Waals surface area contributed by atoms with Crippen LogP contribution in [0.4, 0.5) is 0 Å². The van der Waals surface area contributed by atoms with Crippen molar-refractivity contribution in [2.24, 2.45) is 0 Å². The van der Waals surface area contributed by atoms with Gasteiger partial charge in [0.2, 0.25) is 0 Å². The molecule has 0 aliphatic carbocycles. The van der Waals surface area contributed by atoms with Crippen molar-refractivity contribution in [2.45, 2.75) is 186 Å². The summed E-state index contributed by atoms with van der Waals surface area (Å²) < 4.78 is 33.7. The predicted molar refractivity (Wildman–Crippen MR) is 207 cm³/mol. The first-order valence-corrected chi connectivity index (χ1v) is 22.0. The highest BCUT2D eigenvalue weighted by Gasteiger charge is 2.22. The third-order valence-corrected chi connectivity index (χ3v) is 9.95. The van der Waals surface area contributed by atoms with Gasteiger partial charge in [0.15, 0.2) is 6.10 Å². The van der Waals surface area contributed by atoms with E-state index < -0.39 is 44.7 Å². The Morgan fingerprint density at radius 3 is 1.77 bits per heavy atom. The Kier molecular flexibility index (Phi) is 32.2. The summed E-state index contributed by atoms with van der Waals surface area (Å²) in [5.74, 6) is -0.944. The molecule has 0 spiro atoms. The minimum atomic E-state index is -4.65. The van der Waals surface area contributed by atoms with E-state index in [1.165, 1.54) is 57.8 Å². The van der Waals surface area contributed by atoms with E-state index in [0.717, 1.165) is 57.8 Å². The van der Waals surface area contributed by atoms with Gasteiger partial charge in [-0.05, 0) is 38.5 Å². The summed E-state index contributed by atoms with van der Waals surface area (Å²) in [5.41, 5.74) is 0. The standard InChI is InChI=1S/C40H78NO10P/c1-6-8-10-12-14-15-16-17-18-22-26-30-39(44)48-34-36(35-50-52(46,47)49-33-32-41(3,4)5)51-40(45)31-27-23-19-21-25-29-38(43)37(42)28-24-20-13-11-9-7-2/h20,24,36-38,42-43H,6-19,21-23,25-35H2,1-5H3/b24-20-/t36-,37+,38+/m1/s1. The molecular formula is C40H78NO10P. The van der Waals surface area contributed by atoms with Crippen LogP contribution in [0.25, 0.3) is 0 Å². The highest BCUT2D eigenvalue weighted by atomic mass is 31.2. The average Bonchev–Trinajstić information content (AvgIpc) is 3.08. The lowest BCUT2D eigenvalue weighted by molar-refractivity contribution is -0.870. The summed E-state index contributed by atoms with van der Waals surface area (Å²) in [5, 5.41) is 20.4. The molecule has 0 fully saturated rings. The molecule has 0 heterocycles. The number of quaternary nitrogens is 1. The number of rotatable bonds is 37. The van der Waals surface area contributed by atoms with Gasteiger partial charge < -0.3 is 38.1 Å². The molecule has 0 aromatic carbocycles. The number of hydrogen-bond donors (Lipinski definition) is 2. The third kappa shape index (κ3) is 34.4. The molecule has 52 heavy (non-hydrogen) atoms. The topological polar surface area (TPSA) is 152 Å². The number of phosphoric ester groups is 1. The fourth-order valence-electron chi connectivity index (χ4n) is 5.56. The van der Waals surface area contributed by atoms with Gasteiger partial charge in [0.25, 0.3) is 7.82 Å². The summed E-state index contributed by atoms with van der Waals surface area (Å²) in [6, 6.07) is 0. The summed E-state index contributed by atoms with van der Waals surface area (Å²) in [4.78, 5) is 37.4. The summed E-state index contributed by atoms with van der Waals surface area (Å²) in [6.07, 6.45) is 24.0. The zero-order valence-corrected chi connectivity index (χ0v) is 34.6. The van der Waals surface area contributed by atoms with Crippen molar-refractivity contribution in [3.8, 4) is 0 Å². The molecule has 2 N–H and O–H groups in total. The highest BCUT2D eigenvalue weighted by Crippen LogP contribution is 2.38. The molecule has 0 bridgehead atoms. The lowest BCUT2D eigenvalue weighted by atomic mass is 10.0. The van der Waals surface area contributed by atoms with E-state index in [2.05, 4.69) is 19.9 Å². The number of phosphoric acid groups is 1. The van der Waals surface area contributed by atoms with Crippen molar-refractivity contribution < 1.29 is 52.3 Å². The number of allylic oxidation sites excluding steroid dienone is 1. The number of unbranched alkanes of at least 4 members (excludes halogenated alkanes) is 17. The summed E-state index contributed by atoms with van der Waals surface area (Å²) >= 11 is 0. The van der Waals surface area contributed by atoms with Crippen LogP contribution in [-0.4, -0.2) is 92.5 Å². The summed E-state index contributed by atoms with van der Waals surface area (Å²) in [7, 11) is 1.07. The van der Waals surface area contributed by atoms with E-state index in [-0.39, 0.29) is 26.1 Å². The molecule has 0 aromatic rings. The van der Waals surface area contributed by atoms with Crippen molar-refractivity contribution in [3.63, 3.8) is 0 Å². The van der Waals surface area contributed by atoms with Crippen LogP contribution in [0.2, 0.25) is 0 Å². The molecule has 0 saturated heterocycles. The monoisotopic (exact) mass is 764 g/mol. The first kappa shape index (κ1) is 50.7. The maximum atomic E-state index is 12.6. The lowest BCUT2D eigenvalue weighted by Crippen LogP contribution is -2.37. The summed E-state index contributed by atoms with van der Waals surface area (Å²) in [6.45, 7) is 3.97. The van der Waals surface area contributed by atoms with E-state index in [9.17, 15) is 29.3 Å². The number of likely N-dealkylation sites (N-methyl/N-ethyl adjacent to an activating group) is 1. The van der Waals surface area contributed by atoms with Crippen LogP contribution >= 0.6 is 7.82 Å².